The summed E-state index contributed by atoms with van der Waals surface area (Å²) in [6.45, 7) is 4.39. The van der Waals surface area contributed by atoms with Crippen LogP contribution < -0.4 is 4.72 Å². The summed E-state index contributed by atoms with van der Waals surface area (Å²) in [7, 11) is -3.60. The van der Waals surface area contributed by atoms with Crippen LogP contribution in [0.2, 0.25) is 0 Å². The van der Waals surface area contributed by atoms with Gasteiger partial charge in [0.25, 0.3) is 0 Å². The van der Waals surface area contributed by atoms with Gasteiger partial charge in [0.15, 0.2) is 0 Å². The summed E-state index contributed by atoms with van der Waals surface area (Å²) in [4.78, 5) is 2.04. The molecule has 0 unspecified atom stereocenters. The summed E-state index contributed by atoms with van der Waals surface area (Å²) in [5, 5.41) is 9.55. The van der Waals surface area contributed by atoms with Crippen molar-refractivity contribution in [3.8, 4) is 0 Å². The summed E-state index contributed by atoms with van der Waals surface area (Å²) >= 11 is 1.46. The molecular formula is C12H19NO4S2. The van der Waals surface area contributed by atoms with Crippen LogP contribution in [0.15, 0.2) is 11.0 Å². The van der Waals surface area contributed by atoms with Gasteiger partial charge in [-0.05, 0) is 32.8 Å². The van der Waals surface area contributed by atoms with Crippen molar-refractivity contribution in [3.05, 3.63) is 15.8 Å². The molecule has 1 fully saturated rings. The van der Waals surface area contributed by atoms with Crippen molar-refractivity contribution in [2.24, 2.45) is 0 Å². The fourth-order valence-electron chi connectivity index (χ4n) is 2.27. The van der Waals surface area contributed by atoms with Crippen molar-refractivity contribution < 1.29 is 18.3 Å². The normalized spacial score (nSPS) is 19.5. The van der Waals surface area contributed by atoms with Crippen LogP contribution in [0.5, 0.6) is 0 Å². The van der Waals surface area contributed by atoms with E-state index < -0.39 is 15.6 Å². The number of hydrogen-bond acceptors (Lipinski definition) is 5. The smallest absolute Gasteiger partial charge is 0.242 e. The van der Waals surface area contributed by atoms with Crippen molar-refractivity contribution >= 4 is 21.4 Å². The van der Waals surface area contributed by atoms with Crippen LogP contribution in [0.3, 0.4) is 0 Å². The van der Waals surface area contributed by atoms with Gasteiger partial charge in [0.1, 0.15) is 0 Å². The molecule has 0 atom stereocenters. The molecule has 1 aromatic rings. The largest absolute Gasteiger partial charge is 0.394 e. The van der Waals surface area contributed by atoms with E-state index in [2.05, 4.69) is 4.72 Å². The molecule has 0 bridgehead atoms. The Bertz CT molecular complexity index is 544. The first-order valence-corrected chi connectivity index (χ1v) is 8.48. The highest BCUT2D eigenvalue weighted by Crippen LogP contribution is 2.28. The molecule has 2 rings (SSSR count). The highest BCUT2D eigenvalue weighted by Gasteiger charge is 2.37. The standard InChI is InChI=1S/C12H19NO4S2/c1-9-7-11(10(2)18-9)19(15,16)13-12(8-14)3-5-17-6-4-12/h7,13-14H,3-6,8H2,1-2H3. The molecule has 108 valence electrons. The Morgan fingerprint density at radius 1 is 1.42 bits per heavy atom. The third-order valence-corrected chi connectivity index (χ3v) is 6.19. The maximum atomic E-state index is 12.4. The first-order valence-electron chi connectivity index (χ1n) is 6.18. The van der Waals surface area contributed by atoms with E-state index in [0.717, 1.165) is 9.75 Å². The van der Waals surface area contributed by atoms with Crippen molar-refractivity contribution in [1.29, 1.82) is 0 Å². The molecule has 0 spiro atoms. The minimum Gasteiger partial charge on any atom is -0.394 e. The van der Waals surface area contributed by atoms with Crippen LogP contribution in [0.25, 0.3) is 0 Å². The Morgan fingerprint density at radius 3 is 2.53 bits per heavy atom. The number of aryl methyl sites for hydroxylation is 2. The van der Waals surface area contributed by atoms with Gasteiger partial charge >= 0.3 is 0 Å². The molecule has 1 aliphatic heterocycles. The molecule has 0 saturated carbocycles. The van der Waals surface area contributed by atoms with E-state index in [1.54, 1.807) is 13.0 Å². The van der Waals surface area contributed by atoms with E-state index in [-0.39, 0.29) is 6.61 Å². The van der Waals surface area contributed by atoms with Crippen LogP contribution in [0.1, 0.15) is 22.6 Å². The van der Waals surface area contributed by atoms with Crippen molar-refractivity contribution in [2.75, 3.05) is 19.8 Å². The molecule has 5 nitrogen and oxygen atoms in total. The molecule has 1 aliphatic rings. The van der Waals surface area contributed by atoms with E-state index in [1.807, 2.05) is 6.92 Å². The quantitative estimate of drug-likeness (QED) is 0.876. The van der Waals surface area contributed by atoms with Gasteiger partial charge in [0.05, 0.1) is 17.0 Å². The Kier molecular flexibility index (Phi) is 4.32. The van der Waals surface area contributed by atoms with E-state index in [9.17, 15) is 13.5 Å². The van der Waals surface area contributed by atoms with Gasteiger partial charge in [-0.3, -0.25) is 0 Å². The topological polar surface area (TPSA) is 75.6 Å². The van der Waals surface area contributed by atoms with E-state index in [0.29, 0.717) is 31.0 Å². The molecule has 0 radical (unpaired) electrons. The average Bonchev–Trinajstić information content (AvgIpc) is 2.70. The van der Waals surface area contributed by atoms with Crippen LogP contribution in [-0.2, 0) is 14.8 Å². The molecule has 1 aromatic heterocycles. The Morgan fingerprint density at radius 2 is 2.05 bits per heavy atom. The molecule has 0 amide bonds. The maximum Gasteiger partial charge on any atom is 0.242 e. The van der Waals surface area contributed by atoms with Crippen molar-refractivity contribution in [1.82, 2.24) is 4.72 Å². The predicted octanol–water partition coefficient (Wildman–Crippen LogP) is 1.18. The monoisotopic (exact) mass is 305 g/mol. The number of nitrogens with one attached hydrogen (secondary N) is 1. The highest BCUT2D eigenvalue weighted by molar-refractivity contribution is 7.89. The number of aliphatic hydroxyl groups excluding tert-OH is 1. The lowest BCUT2D eigenvalue weighted by Gasteiger charge is -2.35. The number of ether oxygens (including phenoxy) is 1. The highest BCUT2D eigenvalue weighted by atomic mass is 32.2. The van der Waals surface area contributed by atoms with Crippen LogP contribution >= 0.6 is 11.3 Å². The lowest BCUT2D eigenvalue weighted by atomic mass is 9.93. The van der Waals surface area contributed by atoms with Crippen molar-refractivity contribution in [2.45, 2.75) is 37.1 Å². The van der Waals surface area contributed by atoms with Gasteiger partial charge in [-0.2, -0.15) is 0 Å². The number of hydrogen-bond donors (Lipinski definition) is 2. The molecule has 7 heteroatoms. The van der Waals surface area contributed by atoms with Gasteiger partial charge in [-0.1, -0.05) is 0 Å². The third-order valence-electron chi connectivity index (χ3n) is 3.39. The molecule has 1 saturated heterocycles. The van der Waals surface area contributed by atoms with E-state index in [1.165, 1.54) is 11.3 Å². The molecular weight excluding hydrogens is 286 g/mol. The second-order valence-corrected chi connectivity index (χ2v) is 8.05. The Labute approximate surface area is 117 Å². The average molecular weight is 305 g/mol. The van der Waals surface area contributed by atoms with Crippen molar-refractivity contribution in [3.63, 3.8) is 0 Å². The summed E-state index contributed by atoms with van der Waals surface area (Å²) in [5.41, 5.74) is -0.792. The van der Waals surface area contributed by atoms with E-state index >= 15 is 0 Å². The summed E-state index contributed by atoms with van der Waals surface area (Å²) in [5.74, 6) is 0. The zero-order chi connectivity index (χ0) is 14.1. The van der Waals surface area contributed by atoms with Crippen LogP contribution in [0.4, 0.5) is 0 Å². The Hall–Kier alpha value is -0.470. The summed E-state index contributed by atoms with van der Waals surface area (Å²) < 4.78 is 32.8. The molecule has 0 aromatic carbocycles. The molecule has 2 heterocycles. The lowest BCUT2D eigenvalue weighted by Crippen LogP contribution is -2.54. The lowest BCUT2D eigenvalue weighted by molar-refractivity contribution is 0.0223. The Balaban J connectivity index is 2.27. The molecule has 2 N–H and O–H groups in total. The fraction of sp³-hybridized carbons (Fsp3) is 0.667. The minimum atomic E-state index is -3.60. The van der Waals surface area contributed by atoms with Gasteiger partial charge in [-0.25, -0.2) is 13.1 Å². The van der Waals surface area contributed by atoms with Crippen LogP contribution in [0, 0.1) is 13.8 Å². The zero-order valence-corrected chi connectivity index (χ0v) is 12.7. The van der Waals surface area contributed by atoms with E-state index in [4.69, 9.17) is 4.74 Å². The van der Waals surface area contributed by atoms with Gasteiger partial charge in [0, 0.05) is 23.0 Å². The number of thiophene rings is 1. The number of aliphatic hydroxyl groups is 1. The first kappa shape index (κ1) is 14.9. The summed E-state index contributed by atoms with van der Waals surface area (Å²) in [6.07, 6.45) is 0.982. The van der Waals surface area contributed by atoms with Gasteiger partial charge in [0.2, 0.25) is 10.0 Å². The van der Waals surface area contributed by atoms with Gasteiger partial charge < -0.3 is 9.84 Å². The first-order chi connectivity index (χ1) is 8.88. The van der Waals surface area contributed by atoms with Crippen LogP contribution in [-0.4, -0.2) is 38.9 Å². The third kappa shape index (κ3) is 3.17. The minimum absolute atomic E-state index is 0.211. The number of rotatable bonds is 4. The van der Waals surface area contributed by atoms with Gasteiger partial charge in [-0.15, -0.1) is 11.3 Å². The number of sulfonamides is 1. The molecule has 19 heavy (non-hydrogen) atoms. The zero-order valence-electron chi connectivity index (χ0n) is 11.1. The second-order valence-electron chi connectivity index (χ2n) is 4.93. The predicted molar refractivity (Wildman–Crippen MR) is 74.0 cm³/mol. The second kappa shape index (κ2) is 5.49. The fourth-order valence-corrected chi connectivity index (χ4v) is 5.28. The maximum absolute atomic E-state index is 12.4. The SMILES string of the molecule is Cc1cc(S(=O)(=O)NC2(CO)CCOCC2)c(C)s1. The summed E-state index contributed by atoms with van der Waals surface area (Å²) in [6, 6.07) is 1.67. The molecule has 0 aliphatic carbocycles.